The third kappa shape index (κ3) is 3.77. The third-order valence-electron chi connectivity index (χ3n) is 3.82. The van der Waals surface area contributed by atoms with E-state index in [1.807, 2.05) is 6.07 Å². The number of carbonyl (C=O) groups excluding carboxylic acids is 2. The molecule has 1 amide bonds. The maximum absolute atomic E-state index is 13.3. The van der Waals surface area contributed by atoms with Gasteiger partial charge < -0.3 is 15.2 Å². The largest absolute Gasteiger partial charge is 0.495 e. The van der Waals surface area contributed by atoms with Crippen LogP contribution in [0.25, 0.3) is 11.1 Å². The fourth-order valence-corrected chi connectivity index (χ4v) is 2.63. The zero-order valence-corrected chi connectivity index (χ0v) is 14.3. The van der Waals surface area contributed by atoms with Gasteiger partial charge in [-0.2, -0.15) is 0 Å². The van der Waals surface area contributed by atoms with Gasteiger partial charge in [0.2, 0.25) is 5.88 Å². The number of rotatable bonds is 6. The molecule has 1 aromatic heterocycles. The lowest BCUT2D eigenvalue weighted by Crippen LogP contribution is -2.13. The molecule has 6 nitrogen and oxygen atoms in total. The number of ether oxygens (including phenoxy) is 2. The van der Waals surface area contributed by atoms with Crippen LogP contribution in [0, 0.1) is 5.82 Å². The number of hydrogen-bond donors (Lipinski definition) is 1. The predicted molar refractivity (Wildman–Crippen MR) is 96.6 cm³/mol. The Morgan fingerprint density at radius 1 is 1.19 bits per heavy atom. The molecule has 0 radical (unpaired) electrons. The Morgan fingerprint density at radius 2 is 1.96 bits per heavy atom. The molecule has 0 spiro atoms. The fourth-order valence-electron chi connectivity index (χ4n) is 2.63. The van der Waals surface area contributed by atoms with Crippen LogP contribution in [0.1, 0.15) is 20.7 Å². The van der Waals surface area contributed by atoms with Gasteiger partial charge in [0.1, 0.15) is 22.9 Å². The number of nitrogens with zero attached hydrogens (tertiary/aromatic N) is 1. The summed E-state index contributed by atoms with van der Waals surface area (Å²) in [7, 11) is 1.48. The van der Waals surface area contributed by atoms with Gasteiger partial charge in [-0.1, -0.05) is 24.3 Å². The van der Waals surface area contributed by atoms with Crippen molar-refractivity contribution in [1.29, 1.82) is 0 Å². The SMILES string of the molecule is COc1c(C=O)cccc1-c1cccc(Oc2ncc(F)cc2C(N)=O)c1. The molecular formula is C20H15FN2O4. The third-order valence-corrected chi connectivity index (χ3v) is 3.82. The van der Waals surface area contributed by atoms with E-state index < -0.39 is 11.7 Å². The van der Waals surface area contributed by atoms with Crippen LogP contribution in [0.2, 0.25) is 0 Å². The van der Waals surface area contributed by atoms with Crippen LogP contribution < -0.4 is 15.2 Å². The van der Waals surface area contributed by atoms with Crippen molar-refractivity contribution < 1.29 is 23.5 Å². The second-order valence-electron chi connectivity index (χ2n) is 5.55. The van der Waals surface area contributed by atoms with Crippen molar-refractivity contribution in [3.63, 3.8) is 0 Å². The van der Waals surface area contributed by atoms with Crippen molar-refractivity contribution in [2.75, 3.05) is 7.11 Å². The molecule has 0 aliphatic heterocycles. The predicted octanol–water partition coefficient (Wildman–Crippen LogP) is 3.60. The van der Waals surface area contributed by atoms with Crippen LogP contribution in [0.5, 0.6) is 17.4 Å². The average molecular weight is 366 g/mol. The lowest BCUT2D eigenvalue weighted by Gasteiger charge is -2.13. The van der Waals surface area contributed by atoms with Crippen molar-refractivity contribution >= 4 is 12.2 Å². The zero-order valence-electron chi connectivity index (χ0n) is 14.3. The van der Waals surface area contributed by atoms with Crippen LogP contribution >= 0.6 is 0 Å². The molecule has 0 saturated heterocycles. The van der Waals surface area contributed by atoms with E-state index in [9.17, 15) is 14.0 Å². The molecule has 0 bridgehead atoms. The number of carbonyl (C=O) groups is 2. The summed E-state index contributed by atoms with van der Waals surface area (Å²) in [6, 6.07) is 13.0. The van der Waals surface area contributed by atoms with Gasteiger partial charge in [-0.15, -0.1) is 0 Å². The van der Waals surface area contributed by atoms with Gasteiger partial charge in [0.25, 0.3) is 5.91 Å². The quantitative estimate of drug-likeness (QED) is 0.673. The highest BCUT2D eigenvalue weighted by Gasteiger charge is 2.15. The molecule has 2 N–H and O–H groups in total. The smallest absolute Gasteiger partial charge is 0.254 e. The van der Waals surface area contributed by atoms with Crippen molar-refractivity contribution in [2.45, 2.75) is 0 Å². The van der Waals surface area contributed by atoms with E-state index in [-0.39, 0.29) is 11.4 Å². The maximum atomic E-state index is 13.3. The summed E-state index contributed by atoms with van der Waals surface area (Å²) in [6.45, 7) is 0. The highest BCUT2D eigenvalue weighted by molar-refractivity contribution is 5.95. The van der Waals surface area contributed by atoms with Crippen LogP contribution in [0.15, 0.2) is 54.7 Å². The van der Waals surface area contributed by atoms with E-state index in [1.54, 1.807) is 36.4 Å². The molecule has 27 heavy (non-hydrogen) atoms. The Balaban J connectivity index is 2.01. The molecule has 0 saturated carbocycles. The second kappa shape index (κ2) is 7.65. The van der Waals surface area contributed by atoms with E-state index in [0.717, 1.165) is 17.8 Å². The highest BCUT2D eigenvalue weighted by atomic mass is 19.1. The molecule has 0 atom stereocenters. The Hall–Kier alpha value is -3.74. The number of pyridine rings is 1. The number of hydrogen-bond acceptors (Lipinski definition) is 5. The molecule has 0 fully saturated rings. The molecule has 0 unspecified atom stereocenters. The van der Waals surface area contributed by atoms with E-state index in [2.05, 4.69) is 4.98 Å². The summed E-state index contributed by atoms with van der Waals surface area (Å²) in [4.78, 5) is 26.5. The molecule has 0 aliphatic carbocycles. The number of para-hydroxylation sites is 1. The number of benzene rings is 2. The lowest BCUT2D eigenvalue weighted by molar-refractivity contribution is 0.0996. The van der Waals surface area contributed by atoms with Gasteiger partial charge >= 0.3 is 0 Å². The van der Waals surface area contributed by atoms with E-state index in [4.69, 9.17) is 15.2 Å². The van der Waals surface area contributed by atoms with Gasteiger partial charge in [0.05, 0.1) is 18.9 Å². The first-order valence-electron chi connectivity index (χ1n) is 7.89. The number of primary amides is 1. The summed E-state index contributed by atoms with van der Waals surface area (Å²) in [6.07, 6.45) is 1.65. The second-order valence-corrected chi connectivity index (χ2v) is 5.55. The van der Waals surface area contributed by atoms with Gasteiger partial charge in [-0.25, -0.2) is 9.37 Å². The van der Waals surface area contributed by atoms with Crippen molar-refractivity contribution in [1.82, 2.24) is 4.98 Å². The molecule has 136 valence electrons. The van der Waals surface area contributed by atoms with Crippen molar-refractivity contribution in [3.8, 4) is 28.5 Å². The molecular weight excluding hydrogens is 351 g/mol. The first kappa shape index (κ1) is 18.1. The van der Waals surface area contributed by atoms with Crippen molar-refractivity contribution in [2.24, 2.45) is 5.73 Å². The molecule has 1 heterocycles. The van der Waals surface area contributed by atoms with Crippen LogP contribution in [0.4, 0.5) is 4.39 Å². The van der Waals surface area contributed by atoms with Gasteiger partial charge in [0.15, 0.2) is 6.29 Å². The van der Waals surface area contributed by atoms with Crippen LogP contribution in [0.3, 0.4) is 0 Å². The summed E-state index contributed by atoms with van der Waals surface area (Å²) in [5.74, 6) is -0.862. The number of nitrogens with two attached hydrogens (primary N) is 1. The van der Waals surface area contributed by atoms with E-state index in [1.165, 1.54) is 7.11 Å². The summed E-state index contributed by atoms with van der Waals surface area (Å²) in [5, 5.41) is 0. The molecule has 3 rings (SSSR count). The lowest BCUT2D eigenvalue weighted by atomic mass is 10.0. The van der Waals surface area contributed by atoms with Gasteiger partial charge in [-0.05, 0) is 29.8 Å². The van der Waals surface area contributed by atoms with Crippen LogP contribution in [-0.4, -0.2) is 24.3 Å². The zero-order chi connectivity index (χ0) is 19.4. The van der Waals surface area contributed by atoms with Crippen LogP contribution in [-0.2, 0) is 0 Å². The van der Waals surface area contributed by atoms with Crippen molar-refractivity contribution in [3.05, 3.63) is 71.7 Å². The topological polar surface area (TPSA) is 91.5 Å². The molecule has 3 aromatic rings. The Kier molecular flexibility index (Phi) is 5.12. The fraction of sp³-hybridized carbons (Fsp3) is 0.0500. The minimum Gasteiger partial charge on any atom is -0.495 e. The maximum Gasteiger partial charge on any atom is 0.254 e. The van der Waals surface area contributed by atoms with E-state index >= 15 is 0 Å². The molecule has 7 heteroatoms. The molecule has 2 aromatic carbocycles. The number of aldehydes is 1. The van der Waals surface area contributed by atoms with Gasteiger partial charge in [-0.3, -0.25) is 9.59 Å². The number of methoxy groups -OCH3 is 1. The number of amides is 1. The Labute approximate surface area is 154 Å². The minimum atomic E-state index is -0.853. The standard InChI is InChI=1S/C20H15FN2O4/c1-26-18-13(11-24)5-3-7-16(18)12-4-2-6-15(8-12)27-20-17(19(22)25)9-14(21)10-23-20/h2-11H,1H3,(H2,22,25). The normalized spacial score (nSPS) is 10.3. The average Bonchev–Trinajstić information content (AvgIpc) is 2.68. The number of halogens is 1. The summed E-state index contributed by atoms with van der Waals surface area (Å²) < 4.78 is 24.3. The monoisotopic (exact) mass is 366 g/mol. The van der Waals surface area contributed by atoms with Gasteiger partial charge in [0, 0.05) is 5.56 Å². The summed E-state index contributed by atoms with van der Waals surface area (Å²) in [5.41, 5.74) is 6.91. The Bertz CT molecular complexity index is 1020. The van der Waals surface area contributed by atoms with E-state index in [0.29, 0.717) is 28.9 Å². The summed E-state index contributed by atoms with van der Waals surface area (Å²) >= 11 is 0. The first-order chi connectivity index (χ1) is 13.0. The number of aromatic nitrogens is 1. The first-order valence-corrected chi connectivity index (χ1v) is 7.89. The molecule has 0 aliphatic rings. The minimum absolute atomic E-state index is 0.102. The highest BCUT2D eigenvalue weighted by Crippen LogP contribution is 2.35. The Morgan fingerprint density at radius 3 is 2.67 bits per heavy atom.